The van der Waals surface area contributed by atoms with Gasteiger partial charge in [-0.15, -0.1) is 11.8 Å². The van der Waals surface area contributed by atoms with Crippen molar-refractivity contribution in [3.05, 3.63) is 53.1 Å². The lowest BCUT2D eigenvalue weighted by atomic mass is 10.1. The second kappa shape index (κ2) is 7.89. The summed E-state index contributed by atoms with van der Waals surface area (Å²) in [5.74, 6) is 2.34. The summed E-state index contributed by atoms with van der Waals surface area (Å²) < 4.78 is 10.8. The number of ether oxygens (including phenoxy) is 2. The van der Waals surface area contributed by atoms with E-state index in [2.05, 4.69) is 5.32 Å². The van der Waals surface area contributed by atoms with Crippen LogP contribution in [0.25, 0.3) is 0 Å². The molecule has 0 aliphatic carbocycles. The zero-order chi connectivity index (χ0) is 17.8. The van der Waals surface area contributed by atoms with Crippen molar-refractivity contribution in [3.8, 4) is 11.5 Å². The van der Waals surface area contributed by atoms with E-state index in [1.165, 1.54) is 0 Å². The molecule has 0 radical (unpaired) electrons. The number of nitrogens with zero attached hydrogens (tertiary/aromatic N) is 1. The first-order chi connectivity index (χ1) is 12.1. The van der Waals surface area contributed by atoms with Gasteiger partial charge in [0.25, 0.3) is 0 Å². The predicted molar refractivity (Wildman–Crippen MR) is 102 cm³/mol. The number of amides is 2. The van der Waals surface area contributed by atoms with E-state index < -0.39 is 0 Å². The number of nitrogens with one attached hydrogen (secondary N) is 1. The Hall–Kier alpha value is -2.05. The average Bonchev–Trinajstić information content (AvgIpc) is 3.12. The maximum atomic E-state index is 12.7. The number of urea groups is 1. The number of rotatable bonds is 4. The molecule has 2 amide bonds. The molecule has 1 aliphatic rings. The summed E-state index contributed by atoms with van der Waals surface area (Å²) in [6.45, 7) is 0.662. The molecule has 0 bridgehead atoms. The molecule has 7 heteroatoms. The summed E-state index contributed by atoms with van der Waals surface area (Å²) in [6, 6.07) is 12.5. The second-order valence-corrected chi connectivity index (χ2v) is 7.09. The van der Waals surface area contributed by atoms with Crippen LogP contribution in [0.3, 0.4) is 0 Å². The molecule has 2 aromatic carbocycles. The molecule has 1 atom stereocenters. The van der Waals surface area contributed by atoms with Gasteiger partial charge in [-0.2, -0.15) is 0 Å². The van der Waals surface area contributed by atoms with Gasteiger partial charge in [-0.3, -0.25) is 0 Å². The highest BCUT2D eigenvalue weighted by Gasteiger charge is 2.33. The molecule has 3 rings (SSSR count). The summed E-state index contributed by atoms with van der Waals surface area (Å²) >= 11 is 7.59. The van der Waals surface area contributed by atoms with Crippen LogP contribution in [0.4, 0.5) is 10.5 Å². The van der Waals surface area contributed by atoms with E-state index in [0.717, 1.165) is 22.8 Å². The van der Waals surface area contributed by atoms with Gasteiger partial charge in [0.2, 0.25) is 0 Å². The first-order valence-electron chi connectivity index (χ1n) is 7.79. The molecular weight excluding hydrogens is 360 g/mol. The van der Waals surface area contributed by atoms with Gasteiger partial charge in [0.1, 0.15) is 16.9 Å². The fourth-order valence-corrected chi connectivity index (χ4v) is 4.09. The largest absolute Gasteiger partial charge is 0.497 e. The van der Waals surface area contributed by atoms with Crippen LogP contribution in [0.5, 0.6) is 11.5 Å². The number of methoxy groups -OCH3 is 2. The Balaban J connectivity index is 1.82. The first-order valence-corrected chi connectivity index (χ1v) is 9.22. The van der Waals surface area contributed by atoms with Gasteiger partial charge in [0.15, 0.2) is 0 Å². The van der Waals surface area contributed by atoms with E-state index in [0.29, 0.717) is 17.3 Å². The standard InChI is InChI=1S/C18H19ClN2O3S/c1-23-14-7-8-16(24-2)15(11-14)17-21(9-10-25-17)18(22)20-13-5-3-12(19)4-6-13/h3-8,11,17H,9-10H2,1-2H3,(H,20,22)/t17-/m0/s1. The topological polar surface area (TPSA) is 50.8 Å². The molecule has 0 unspecified atom stereocenters. The van der Waals surface area contributed by atoms with Crippen molar-refractivity contribution >= 4 is 35.1 Å². The zero-order valence-electron chi connectivity index (χ0n) is 14.0. The van der Waals surface area contributed by atoms with Crippen molar-refractivity contribution in [2.24, 2.45) is 0 Å². The van der Waals surface area contributed by atoms with Crippen LogP contribution >= 0.6 is 23.4 Å². The minimum absolute atomic E-state index is 0.127. The van der Waals surface area contributed by atoms with Crippen molar-refractivity contribution in [2.75, 3.05) is 31.8 Å². The molecule has 1 aliphatic heterocycles. The van der Waals surface area contributed by atoms with Crippen LogP contribution in [-0.2, 0) is 0 Å². The van der Waals surface area contributed by atoms with Crippen LogP contribution in [0, 0.1) is 0 Å². The maximum Gasteiger partial charge on any atom is 0.323 e. The minimum atomic E-state index is -0.151. The Morgan fingerprint density at radius 1 is 1.20 bits per heavy atom. The third-order valence-corrected chi connectivity index (χ3v) is 5.44. The lowest BCUT2D eigenvalue weighted by Crippen LogP contribution is -2.34. The third kappa shape index (κ3) is 3.96. The summed E-state index contributed by atoms with van der Waals surface area (Å²) in [5, 5.41) is 3.43. The van der Waals surface area contributed by atoms with Gasteiger partial charge in [0, 0.05) is 28.6 Å². The SMILES string of the molecule is COc1ccc(OC)c([C@@H]2SCCN2C(=O)Nc2ccc(Cl)cc2)c1. The summed E-state index contributed by atoms with van der Waals surface area (Å²) in [6.07, 6.45) is 0. The number of carbonyl (C=O) groups excluding carboxylic acids is 1. The molecule has 132 valence electrons. The summed E-state index contributed by atoms with van der Waals surface area (Å²) in [4.78, 5) is 14.5. The Kier molecular flexibility index (Phi) is 5.60. The van der Waals surface area contributed by atoms with Crippen molar-refractivity contribution < 1.29 is 14.3 Å². The van der Waals surface area contributed by atoms with Gasteiger partial charge in [-0.25, -0.2) is 4.79 Å². The van der Waals surface area contributed by atoms with Gasteiger partial charge < -0.3 is 19.7 Å². The molecule has 1 saturated heterocycles. The van der Waals surface area contributed by atoms with Crippen LogP contribution in [-0.4, -0.2) is 37.4 Å². The van der Waals surface area contributed by atoms with Crippen molar-refractivity contribution in [1.29, 1.82) is 0 Å². The van der Waals surface area contributed by atoms with Crippen LogP contribution in [0.1, 0.15) is 10.9 Å². The number of halogens is 1. The highest BCUT2D eigenvalue weighted by Crippen LogP contribution is 2.43. The Labute approximate surface area is 156 Å². The van der Waals surface area contributed by atoms with E-state index in [1.807, 2.05) is 18.2 Å². The van der Waals surface area contributed by atoms with E-state index in [4.69, 9.17) is 21.1 Å². The van der Waals surface area contributed by atoms with E-state index >= 15 is 0 Å². The van der Waals surface area contributed by atoms with Gasteiger partial charge >= 0.3 is 6.03 Å². The summed E-state index contributed by atoms with van der Waals surface area (Å²) in [5.41, 5.74) is 1.64. The van der Waals surface area contributed by atoms with Crippen molar-refractivity contribution in [2.45, 2.75) is 5.37 Å². The molecule has 0 spiro atoms. The zero-order valence-corrected chi connectivity index (χ0v) is 15.6. The molecule has 1 N–H and O–H groups in total. The van der Waals surface area contributed by atoms with E-state index in [1.54, 1.807) is 55.1 Å². The number of benzene rings is 2. The maximum absolute atomic E-state index is 12.7. The van der Waals surface area contributed by atoms with Crippen molar-refractivity contribution in [3.63, 3.8) is 0 Å². The molecule has 1 fully saturated rings. The molecule has 0 saturated carbocycles. The quantitative estimate of drug-likeness (QED) is 0.842. The molecule has 1 heterocycles. The number of hydrogen-bond donors (Lipinski definition) is 1. The van der Waals surface area contributed by atoms with Crippen molar-refractivity contribution in [1.82, 2.24) is 4.90 Å². The number of carbonyl (C=O) groups is 1. The normalized spacial score (nSPS) is 16.6. The fraction of sp³-hybridized carbons (Fsp3) is 0.278. The predicted octanol–water partition coefficient (Wildman–Crippen LogP) is 4.64. The number of thioether (sulfide) groups is 1. The molecule has 0 aromatic heterocycles. The highest BCUT2D eigenvalue weighted by atomic mass is 35.5. The minimum Gasteiger partial charge on any atom is -0.497 e. The molecule has 25 heavy (non-hydrogen) atoms. The second-order valence-electron chi connectivity index (χ2n) is 5.46. The summed E-state index contributed by atoms with van der Waals surface area (Å²) in [7, 11) is 3.25. The Morgan fingerprint density at radius 2 is 1.96 bits per heavy atom. The average molecular weight is 379 g/mol. The smallest absolute Gasteiger partial charge is 0.323 e. The van der Waals surface area contributed by atoms with E-state index in [-0.39, 0.29) is 11.4 Å². The number of hydrogen-bond acceptors (Lipinski definition) is 4. The Bertz CT molecular complexity index is 754. The monoisotopic (exact) mass is 378 g/mol. The molecule has 2 aromatic rings. The fourth-order valence-electron chi connectivity index (χ4n) is 2.70. The van der Waals surface area contributed by atoms with Crippen LogP contribution < -0.4 is 14.8 Å². The highest BCUT2D eigenvalue weighted by molar-refractivity contribution is 7.99. The molecular formula is C18H19ClN2O3S. The van der Waals surface area contributed by atoms with Gasteiger partial charge in [-0.1, -0.05) is 11.6 Å². The van der Waals surface area contributed by atoms with Crippen LogP contribution in [0.15, 0.2) is 42.5 Å². The van der Waals surface area contributed by atoms with Gasteiger partial charge in [-0.05, 0) is 42.5 Å². The lowest BCUT2D eigenvalue weighted by Gasteiger charge is -2.26. The number of anilines is 1. The Morgan fingerprint density at radius 3 is 2.64 bits per heavy atom. The third-order valence-electron chi connectivity index (χ3n) is 3.95. The van der Waals surface area contributed by atoms with Gasteiger partial charge in [0.05, 0.1) is 14.2 Å². The van der Waals surface area contributed by atoms with Crippen LogP contribution in [0.2, 0.25) is 5.02 Å². The lowest BCUT2D eigenvalue weighted by molar-refractivity contribution is 0.213. The first kappa shape index (κ1) is 17.8. The molecule has 5 nitrogen and oxygen atoms in total. The van der Waals surface area contributed by atoms with E-state index in [9.17, 15) is 4.79 Å².